The van der Waals surface area contributed by atoms with Crippen LogP contribution in [0.5, 0.6) is 0 Å². The summed E-state index contributed by atoms with van der Waals surface area (Å²) in [6.07, 6.45) is 2.46. The summed E-state index contributed by atoms with van der Waals surface area (Å²) < 4.78 is 21.7. The summed E-state index contributed by atoms with van der Waals surface area (Å²) in [5.41, 5.74) is 0.0209. The lowest BCUT2D eigenvalue weighted by atomic mass is 10.1. The molecule has 0 bridgehead atoms. The molecular formula is C11H23NO3S. The van der Waals surface area contributed by atoms with Crippen molar-refractivity contribution in [1.29, 1.82) is 0 Å². The Morgan fingerprint density at radius 3 is 2.19 bits per heavy atom. The molecule has 0 aliphatic rings. The second-order valence-electron chi connectivity index (χ2n) is 5.20. The van der Waals surface area contributed by atoms with Crippen molar-refractivity contribution in [3.05, 3.63) is 0 Å². The van der Waals surface area contributed by atoms with Crippen molar-refractivity contribution in [3.63, 3.8) is 0 Å². The normalized spacial score (nSPS) is 12.8. The Hall–Kier alpha value is -0.420. The average molecular weight is 249 g/mol. The smallest absolute Gasteiger partial charge is 0.147 e. The number of Topliss-reactive ketones (excluding diaryl/α,β-unsaturated/α-hetero) is 1. The second kappa shape index (κ2) is 6.35. The maximum atomic E-state index is 11.4. The molecule has 0 aromatic rings. The summed E-state index contributed by atoms with van der Waals surface area (Å²) in [4.78, 5) is 11.4. The van der Waals surface area contributed by atoms with E-state index in [4.69, 9.17) is 0 Å². The van der Waals surface area contributed by atoms with Crippen LogP contribution in [0.1, 0.15) is 40.0 Å². The first-order valence-corrected chi connectivity index (χ1v) is 7.61. The molecule has 0 aliphatic carbocycles. The van der Waals surface area contributed by atoms with Crippen LogP contribution in [0.3, 0.4) is 0 Å². The van der Waals surface area contributed by atoms with E-state index in [1.807, 2.05) is 20.8 Å². The molecule has 0 spiro atoms. The van der Waals surface area contributed by atoms with Crippen LogP contribution in [0.2, 0.25) is 0 Å². The van der Waals surface area contributed by atoms with Gasteiger partial charge >= 0.3 is 0 Å². The zero-order valence-electron chi connectivity index (χ0n) is 10.7. The second-order valence-corrected chi connectivity index (χ2v) is 7.46. The van der Waals surface area contributed by atoms with E-state index in [2.05, 4.69) is 5.32 Å². The topological polar surface area (TPSA) is 63.2 Å². The summed E-state index contributed by atoms with van der Waals surface area (Å²) in [5, 5.41) is 3.22. The fraction of sp³-hybridized carbons (Fsp3) is 0.909. The SMILES string of the molecule is CC(C)(C)NCCC(=O)CCCS(C)(=O)=O. The van der Waals surface area contributed by atoms with Gasteiger partial charge in [0.25, 0.3) is 0 Å². The first-order valence-electron chi connectivity index (χ1n) is 5.55. The molecule has 0 saturated carbocycles. The van der Waals surface area contributed by atoms with E-state index in [0.717, 1.165) is 0 Å². The van der Waals surface area contributed by atoms with Gasteiger partial charge < -0.3 is 5.32 Å². The lowest BCUT2D eigenvalue weighted by Gasteiger charge is -2.20. The highest BCUT2D eigenvalue weighted by molar-refractivity contribution is 7.90. The number of sulfone groups is 1. The van der Waals surface area contributed by atoms with Gasteiger partial charge in [0.05, 0.1) is 5.75 Å². The summed E-state index contributed by atoms with van der Waals surface area (Å²) in [5.74, 6) is 0.228. The van der Waals surface area contributed by atoms with Crippen molar-refractivity contribution in [2.75, 3.05) is 18.6 Å². The Morgan fingerprint density at radius 1 is 1.19 bits per heavy atom. The Kier molecular flexibility index (Phi) is 6.18. The van der Waals surface area contributed by atoms with E-state index in [9.17, 15) is 13.2 Å². The van der Waals surface area contributed by atoms with Gasteiger partial charge in [0.2, 0.25) is 0 Å². The van der Waals surface area contributed by atoms with Crippen molar-refractivity contribution >= 4 is 15.6 Å². The van der Waals surface area contributed by atoms with Crippen LogP contribution in [0.15, 0.2) is 0 Å². The van der Waals surface area contributed by atoms with Crippen LogP contribution in [-0.4, -0.2) is 38.3 Å². The monoisotopic (exact) mass is 249 g/mol. The van der Waals surface area contributed by atoms with Crippen molar-refractivity contribution in [2.24, 2.45) is 0 Å². The van der Waals surface area contributed by atoms with E-state index in [-0.39, 0.29) is 17.1 Å². The Morgan fingerprint density at radius 2 is 1.75 bits per heavy atom. The molecule has 0 heterocycles. The first kappa shape index (κ1) is 15.6. The maximum absolute atomic E-state index is 11.4. The van der Waals surface area contributed by atoms with Crippen LogP contribution >= 0.6 is 0 Å². The fourth-order valence-electron chi connectivity index (χ4n) is 1.23. The Labute approximate surface area is 98.7 Å². The molecule has 0 saturated heterocycles. The zero-order valence-corrected chi connectivity index (χ0v) is 11.5. The lowest BCUT2D eigenvalue weighted by Crippen LogP contribution is -2.37. The number of carbonyl (C=O) groups excluding carboxylic acids is 1. The summed E-state index contributed by atoms with van der Waals surface area (Å²) in [7, 11) is -2.93. The van der Waals surface area contributed by atoms with Gasteiger partial charge in [-0.05, 0) is 27.2 Å². The first-order chi connectivity index (χ1) is 7.10. The molecule has 0 amide bonds. The molecule has 0 unspecified atom stereocenters. The van der Waals surface area contributed by atoms with E-state index >= 15 is 0 Å². The third-order valence-corrected chi connectivity index (χ3v) is 3.06. The molecule has 0 atom stereocenters. The van der Waals surface area contributed by atoms with Gasteiger partial charge in [-0.1, -0.05) is 0 Å². The fourth-order valence-corrected chi connectivity index (χ4v) is 1.90. The van der Waals surface area contributed by atoms with Crippen molar-refractivity contribution in [2.45, 2.75) is 45.6 Å². The average Bonchev–Trinajstić information content (AvgIpc) is 1.98. The number of hydrogen-bond donors (Lipinski definition) is 1. The van der Waals surface area contributed by atoms with Gasteiger partial charge in [0.1, 0.15) is 15.6 Å². The molecule has 16 heavy (non-hydrogen) atoms. The lowest BCUT2D eigenvalue weighted by molar-refractivity contribution is -0.119. The number of ketones is 1. The molecule has 0 fully saturated rings. The van der Waals surface area contributed by atoms with Gasteiger partial charge in [0, 0.05) is 31.2 Å². The number of hydrogen-bond acceptors (Lipinski definition) is 4. The minimum Gasteiger partial charge on any atom is -0.312 e. The quantitative estimate of drug-likeness (QED) is 0.735. The minimum atomic E-state index is -2.93. The van der Waals surface area contributed by atoms with Crippen LogP contribution < -0.4 is 5.32 Å². The van der Waals surface area contributed by atoms with Gasteiger partial charge in [-0.15, -0.1) is 0 Å². The van der Waals surface area contributed by atoms with Gasteiger partial charge in [-0.25, -0.2) is 8.42 Å². The molecule has 0 aromatic heterocycles. The zero-order chi connectivity index (χ0) is 12.8. The van der Waals surface area contributed by atoms with Gasteiger partial charge in [-0.3, -0.25) is 4.79 Å². The molecule has 1 N–H and O–H groups in total. The van der Waals surface area contributed by atoms with E-state index in [1.54, 1.807) is 0 Å². The number of rotatable bonds is 7. The summed E-state index contributed by atoms with van der Waals surface area (Å²) in [6.45, 7) is 6.78. The Balaban J connectivity index is 3.61. The van der Waals surface area contributed by atoms with E-state index in [1.165, 1.54) is 6.26 Å². The Bertz CT molecular complexity index is 315. The molecular weight excluding hydrogens is 226 g/mol. The molecule has 0 aromatic carbocycles. The van der Waals surface area contributed by atoms with Crippen LogP contribution in [0.25, 0.3) is 0 Å². The third-order valence-electron chi connectivity index (χ3n) is 2.03. The van der Waals surface area contributed by atoms with Gasteiger partial charge in [-0.2, -0.15) is 0 Å². The molecule has 0 rings (SSSR count). The van der Waals surface area contributed by atoms with Crippen LogP contribution in [0, 0.1) is 0 Å². The van der Waals surface area contributed by atoms with Crippen LogP contribution in [0.4, 0.5) is 0 Å². The van der Waals surface area contributed by atoms with Crippen molar-refractivity contribution in [3.8, 4) is 0 Å². The van der Waals surface area contributed by atoms with Crippen molar-refractivity contribution in [1.82, 2.24) is 5.32 Å². The molecule has 96 valence electrons. The summed E-state index contributed by atoms with van der Waals surface area (Å²) >= 11 is 0. The molecule has 4 nitrogen and oxygen atoms in total. The molecule has 0 aliphatic heterocycles. The van der Waals surface area contributed by atoms with Crippen molar-refractivity contribution < 1.29 is 13.2 Å². The number of carbonyl (C=O) groups is 1. The van der Waals surface area contributed by atoms with Gasteiger partial charge in [0.15, 0.2) is 0 Å². The molecule has 5 heteroatoms. The molecule has 0 radical (unpaired) electrons. The predicted molar refractivity (Wildman–Crippen MR) is 66.3 cm³/mol. The van der Waals surface area contributed by atoms with Crippen LogP contribution in [-0.2, 0) is 14.6 Å². The van der Waals surface area contributed by atoms with E-state index < -0.39 is 9.84 Å². The number of nitrogens with one attached hydrogen (secondary N) is 1. The standard InChI is InChI=1S/C11H23NO3S/c1-11(2,3)12-8-7-10(13)6-5-9-16(4,14)15/h12H,5-9H2,1-4H3. The largest absolute Gasteiger partial charge is 0.312 e. The third kappa shape index (κ3) is 11.7. The minimum absolute atomic E-state index is 0.0209. The highest BCUT2D eigenvalue weighted by atomic mass is 32.2. The highest BCUT2D eigenvalue weighted by Gasteiger charge is 2.10. The highest BCUT2D eigenvalue weighted by Crippen LogP contribution is 2.01. The van der Waals surface area contributed by atoms with E-state index in [0.29, 0.717) is 25.8 Å². The maximum Gasteiger partial charge on any atom is 0.147 e. The summed E-state index contributed by atoms with van der Waals surface area (Å²) in [6, 6.07) is 0. The predicted octanol–water partition coefficient (Wildman–Crippen LogP) is 1.16.